The van der Waals surface area contributed by atoms with Crippen LogP contribution in [0.1, 0.15) is 37.7 Å². The van der Waals surface area contributed by atoms with Crippen molar-refractivity contribution in [1.82, 2.24) is 0 Å². The molecule has 1 aromatic carbocycles. The first-order chi connectivity index (χ1) is 9.13. The Morgan fingerprint density at radius 3 is 2.53 bits per heavy atom. The van der Waals surface area contributed by atoms with E-state index in [-0.39, 0.29) is 17.5 Å². The molecule has 0 aliphatic heterocycles. The SMILES string of the molecule is O=C1CC(Cc2ccccc2Cl)C(=O)C12CCCC2. The van der Waals surface area contributed by atoms with Crippen LogP contribution in [-0.2, 0) is 16.0 Å². The number of hydrogen-bond acceptors (Lipinski definition) is 2. The minimum atomic E-state index is -0.619. The van der Waals surface area contributed by atoms with Gasteiger partial charge in [-0.05, 0) is 30.9 Å². The molecule has 3 heteroatoms. The monoisotopic (exact) mass is 276 g/mol. The summed E-state index contributed by atoms with van der Waals surface area (Å²) in [5.41, 5.74) is 0.358. The highest BCUT2D eigenvalue weighted by molar-refractivity contribution is 6.31. The number of ketones is 2. The van der Waals surface area contributed by atoms with E-state index < -0.39 is 5.41 Å². The van der Waals surface area contributed by atoms with Crippen molar-refractivity contribution in [2.24, 2.45) is 11.3 Å². The summed E-state index contributed by atoms with van der Waals surface area (Å²) in [7, 11) is 0. The molecule has 19 heavy (non-hydrogen) atoms. The lowest BCUT2D eigenvalue weighted by Gasteiger charge is -2.19. The molecule has 0 bridgehead atoms. The molecule has 2 aliphatic carbocycles. The molecular formula is C16H17ClO2. The number of carbonyl (C=O) groups is 2. The van der Waals surface area contributed by atoms with Crippen molar-refractivity contribution in [2.45, 2.75) is 38.5 Å². The Bertz CT molecular complexity index is 529. The van der Waals surface area contributed by atoms with Gasteiger partial charge in [-0.1, -0.05) is 42.6 Å². The Labute approximate surface area is 118 Å². The predicted molar refractivity (Wildman–Crippen MR) is 74.2 cm³/mol. The Hall–Kier alpha value is -1.15. The molecule has 0 heterocycles. The zero-order valence-electron chi connectivity index (χ0n) is 10.8. The molecule has 0 amide bonds. The van der Waals surface area contributed by atoms with Crippen molar-refractivity contribution < 1.29 is 9.59 Å². The minimum absolute atomic E-state index is 0.162. The van der Waals surface area contributed by atoms with Gasteiger partial charge in [-0.15, -0.1) is 0 Å². The van der Waals surface area contributed by atoms with Crippen molar-refractivity contribution >= 4 is 23.2 Å². The first kappa shape index (κ1) is 12.9. The molecule has 0 N–H and O–H groups in total. The largest absolute Gasteiger partial charge is 0.299 e. The highest BCUT2D eigenvalue weighted by Gasteiger charge is 2.54. The normalized spacial score (nSPS) is 25.4. The number of Topliss-reactive ketones (excluding diaryl/α,β-unsaturated/α-hetero) is 2. The third-order valence-electron chi connectivity index (χ3n) is 4.69. The summed E-state index contributed by atoms with van der Waals surface area (Å²) >= 11 is 6.14. The second-order valence-electron chi connectivity index (χ2n) is 5.77. The maximum absolute atomic E-state index is 12.6. The lowest BCUT2D eigenvalue weighted by atomic mass is 9.81. The Balaban J connectivity index is 1.83. The molecule has 0 saturated heterocycles. The molecule has 1 spiro atoms. The number of hydrogen-bond donors (Lipinski definition) is 0. The van der Waals surface area contributed by atoms with E-state index in [1.54, 1.807) is 0 Å². The quantitative estimate of drug-likeness (QED) is 0.774. The van der Waals surface area contributed by atoms with E-state index >= 15 is 0 Å². The molecule has 0 aromatic heterocycles. The molecule has 1 atom stereocenters. The van der Waals surface area contributed by atoms with Crippen molar-refractivity contribution in [3.8, 4) is 0 Å². The molecule has 0 radical (unpaired) electrons. The average molecular weight is 277 g/mol. The summed E-state index contributed by atoms with van der Waals surface area (Å²) in [5.74, 6) is 0.187. The molecule has 2 nitrogen and oxygen atoms in total. The molecule has 100 valence electrons. The zero-order valence-corrected chi connectivity index (χ0v) is 11.6. The molecule has 2 fully saturated rings. The highest BCUT2D eigenvalue weighted by Crippen LogP contribution is 2.48. The summed E-state index contributed by atoms with van der Waals surface area (Å²) in [6.07, 6.45) is 4.57. The summed E-state index contributed by atoms with van der Waals surface area (Å²) < 4.78 is 0. The minimum Gasteiger partial charge on any atom is -0.299 e. The van der Waals surface area contributed by atoms with Crippen molar-refractivity contribution in [3.05, 3.63) is 34.9 Å². The summed E-state index contributed by atoms with van der Waals surface area (Å²) in [6.45, 7) is 0. The highest BCUT2D eigenvalue weighted by atomic mass is 35.5. The molecule has 3 rings (SSSR count). The summed E-state index contributed by atoms with van der Waals surface area (Å²) in [5, 5.41) is 0.690. The van der Waals surface area contributed by atoms with Gasteiger partial charge in [0.2, 0.25) is 0 Å². The third kappa shape index (κ3) is 2.02. The van der Waals surface area contributed by atoms with Gasteiger partial charge in [-0.3, -0.25) is 9.59 Å². The first-order valence-electron chi connectivity index (χ1n) is 6.94. The third-order valence-corrected chi connectivity index (χ3v) is 5.06. The number of halogens is 1. The van der Waals surface area contributed by atoms with Crippen molar-refractivity contribution in [2.75, 3.05) is 0 Å². The fourth-order valence-corrected chi connectivity index (χ4v) is 3.85. The van der Waals surface area contributed by atoms with Crippen LogP contribution in [0.25, 0.3) is 0 Å². The van der Waals surface area contributed by atoms with Crippen LogP contribution in [0.2, 0.25) is 5.02 Å². The zero-order chi connectivity index (χ0) is 13.5. The average Bonchev–Trinajstić information content (AvgIpc) is 2.97. The van der Waals surface area contributed by atoms with Crippen LogP contribution >= 0.6 is 11.6 Å². The molecular weight excluding hydrogens is 260 g/mol. The van der Waals surface area contributed by atoms with E-state index in [4.69, 9.17) is 11.6 Å². The maximum Gasteiger partial charge on any atom is 0.150 e. The standard InChI is InChI=1S/C16H17ClO2/c17-13-6-2-1-5-11(13)9-12-10-14(18)16(15(12)19)7-3-4-8-16/h1-2,5-6,12H,3-4,7-10H2. The van der Waals surface area contributed by atoms with Crippen LogP contribution in [0.3, 0.4) is 0 Å². The van der Waals surface area contributed by atoms with Crippen molar-refractivity contribution in [1.29, 1.82) is 0 Å². The van der Waals surface area contributed by atoms with Gasteiger partial charge >= 0.3 is 0 Å². The summed E-state index contributed by atoms with van der Waals surface area (Å²) in [6, 6.07) is 7.59. The van der Waals surface area contributed by atoms with Crippen LogP contribution in [0, 0.1) is 11.3 Å². The Morgan fingerprint density at radius 2 is 1.84 bits per heavy atom. The van der Waals surface area contributed by atoms with Crippen LogP contribution in [-0.4, -0.2) is 11.6 Å². The van der Waals surface area contributed by atoms with E-state index in [2.05, 4.69) is 0 Å². The van der Waals surface area contributed by atoms with Crippen LogP contribution < -0.4 is 0 Å². The van der Waals surface area contributed by atoms with E-state index in [0.717, 1.165) is 31.2 Å². The predicted octanol–water partition coefficient (Wildman–Crippen LogP) is 3.60. The van der Waals surface area contributed by atoms with Crippen molar-refractivity contribution in [3.63, 3.8) is 0 Å². The number of carbonyl (C=O) groups excluding carboxylic acids is 2. The molecule has 1 unspecified atom stereocenters. The van der Waals surface area contributed by atoms with Crippen LogP contribution in [0.5, 0.6) is 0 Å². The van der Waals surface area contributed by atoms with E-state index in [1.807, 2.05) is 24.3 Å². The van der Waals surface area contributed by atoms with Crippen LogP contribution in [0.4, 0.5) is 0 Å². The van der Waals surface area contributed by atoms with Crippen LogP contribution in [0.15, 0.2) is 24.3 Å². The molecule has 2 saturated carbocycles. The van der Waals surface area contributed by atoms with Gasteiger partial charge in [0.05, 0.1) is 5.41 Å². The second kappa shape index (κ2) is 4.75. The maximum atomic E-state index is 12.6. The van der Waals surface area contributed by atoms with Gasteiger partial charge in [0, 0.05) is 17.4 Å². The lowest BCUT2D eigenvalue weighted by Crippen LogP contribution is -2.31. The lowest BCUT2D eigenvalue weighted by molar-refractivity contribution is -0.135. The molecule has 2 aliphatic rings. The first-order valence-corrected chi connectivity index (χ1v) is 7.32. The Morgan fingerprint density at radius 1 is 1.16 bits per heavy atom. The molecule has 1 aromatic rings. The van der Waals surface area contributed by atoms with Gasteiger partial charge in [-0.2, -0.15) is 0 Å². The van der Waals surface area contributed by atoms with E-state index in [9.17, 15) is 9.59 Å². The van der Waals surface area contributed by atoms with Gasteiger partial charge in [0.25, 0.3) is 0 Å². The summed E-state index contributed by atoms with van der Waals surface area (Å²) in [4.78, 5) is 24.8. The van der Waals surface area contributed by atoms with E-state index in [1.165, 1.54) is 0 Å². The fourth-order valence-electron chi connectivity index (χ4n) is 3.64. The topological polar surface area (TPSA) is 34.1 Å². The number of benzene rings is 1. The van der Waals surface area contributed by atoms with Gasteiger partial charge < -0.3 is 0 Å². The van der Waals surface area contributed by atoms with Gasteiger partial charge in [0.15, 0.2) is 0 Å². The smallest absolute Gasteiger partial charge is 0.150 e. The number of rotatable bonds is 2. The fraction of sp³-hybridized carbons (Fsp3) is 0.500. The van der Waals surface area contributed by atoms with Gasteiger partial charge in [0.1, 0.15) is 11.6 Å². The van der Waals surface area contributed by atoms with Gasteiger partial charge in [-0.25, -0.2) is 0 Å². The van der Waals surface area contributed by atoms with E-state index in [0.29, 0.717) is 17.9 Å². The Kier molecular flexibility index (Phi) is 3.22. The second-order valence-corrected chi connectivity index (χ2v) is 6.18.